The normalized spacial score (nSPS) is 18.7. The molecular formula is C71H125NO10. The number of ether oxygens (including phenoxy) is 3. The zero-order valence-electron chi connectivity index (χ0n) is 52.4. The molecule has 0 spiro atoms. The standard InChI is InChI=1S/C71H125NO10/c1-3-5-7-9-11-13-14-15-36-39-43-47-51-55-59-67(76)80-60-56-52-48-44-40-37-34-32-30-28-26-24-22-20-18-16-17-19-21-23-25-27-29-31-33-35-38-42-46-50-54-58-66(75)72-63(64(74)57-53-49-45-41-12-10-8-6-4-2)62-81-71-70(79)69(78)68(77)65(61-73)82-71/h4,6,9,11-12,14-15,18,20,24,26,41,53,57,63-65,68-71,73-74,77-79H,3,5,7-8,10,13,16-17,19,21-23,25,27-40,42-52,54-56,58-62H2,1-2H3,(H,72,75)/b6-4+,11-9-,15-14-,20-18-,26-24-,41-12+,57-53+. The lowest BCUT2D eigenvalue weighted by atomic mass is 9.99. The van der Waals surface area contributed by atoms with E-state index < -0.39 is 49.5 Å². The summed E-state index contributed by atoms with van der Waals surface area (Å²) in [4.78, 5) is 25.0. The molecule has 0 aromatic carbocycles. The molecule has 0 bridgehead atoms. The van der Waals surface area contributed by atoms with Crippen molar-refractivity contribution >= 4 is 11.9 Å². The van der Waals surface area contributed by atoms with Crippen LogP contribution in [0.5, 0.6) is 0 Å². The highest BCUT2D eigenvalue weighted by atomic mass is 16.7. The minimum absolute atomic E-state index is 0.0108. The average molecular weight is 1150 g/mol. The van der Waals surface area contributed by atoms with Crippen molar-refractivity contribution in [1.82, 2.24) is 5.32 Å². The summed E-state index contributed by atoms with van der Waals surface area (Å²) in [6.07, 6.45) is 71.8. The van der Waals surface area contributed by atoms with Crippen LogP contribution in [0.4, 0.5) is 0 Å². The van der Waals surface area contributed by atoms with Crippen LogP contribution in [0.15, 0.2) is 85.1 Å². The lowest BCUT2D eigenvalue weighted by Gasteiger charge is -2.40. The summed E-state index contributed by atoms with van der Waals surface area (Å²) in [5, 5.41) is 54.2. The molecule has 6 N–H and O–H groups in total. The highest BCUT2D eigenvalue weighted by Crippen LogP contribution is 2.23. The van der Waals surface area contributed by atoms with Crippen molar-refractivity contribution in [3.63, 3.8) is 0 Å². The fraction of sp³-hybridized carbons (Fsp3) is 0.775. The van der Waals surface area contributed by atoms with Crippen LogP contribution in [0.3, 0.4) is 0 Å². The highest BCUT2D eigenvalue weighted by molar-refractivity contribution is 5.76. The number of hydrogen-bond donors (Lipinski definition) is 6. The summed E-state index contributed by atoms with van der Waals surface area (Å²) in [5.41, 5.74) is 0. The van der Waals surface area contributed by atoms with Crippen molar-refractivity contribution in [3.8, 4) is 0 Å². The van der Waals surface area contributed by atoms with Crippen LogP contribution in [0.25, 0.3) is 0 Å². The first-order valence-electron chi connectivity index (χ1n) is 33.8. The highest BCUT2D eigenvalue weighted by Gasteiger charge is 2.44. The minimum Gasteiger partial charge on any atom is -0.466 e. The summed E-state index contributed by atoms with van der Waals surface area (Å²) in [7, 11) is 0. The molecule has 7 atom stereocenters. The fourth-order valence-corrected chi connectivity index (χ4v) is 10.2. The number of aliphatic hydroxyl groups is 5. The predicted octanol–water partition coefficient (Wildman–Crippen LogP) is 16.9. The fourth-order valence-electron chi connectivity index (χ4n) is 10.2. The van der Waals surface area contributed by atoms with Gasteiger partial charge in [0.05, 0.1) is 32.0 Å². The van der Waals surface area contributed by atoms with Crippen molar-refractivity contribution < 1.29 is 49.3 Å². The molecule has 11 nitrogen and oxygen atoms in total. The molecule has 1 aliphatic rings. The van der Waals surface area contributed by atoms with Crippen molar-refractivity contribution in [1.29, 1.82) is 0 Å². The molecule has 7 unspecified atom stereocenters. The number of esters is 1. The number of hydrogen-bond acceptors (Lipinski definition) is 10. The van der Waals surface area contributed by atoms with E-state index in [1.54, 1.807) is 6.08 Å². The van der Waals surface area contributed by atoms with Crippen molar-refractivity contribution in [2.75, 3.05) is 19.8 Å². The molecule has 0 aliphatic carbocycles. The molecule has 1 rings (SSSR count). The van der Waals surface area contributed by atoms with Gasteiger partial charge in [-0.1, -0.05) is 253 Å². The molecule has 11 heteroatoms. The number of nitrogens with one attached hydrogen (secondary N) is 1. The quantitative estimate of drug-likeness (QED) is 0.0195. The monoisotopic (exact) mass is 1150 g/mol. The Morgan fingerprint density at radius 1 is 0.476 bits per heavy atom. The third-order valence-corrected chi connectivity index (χ3v) is 15.5. The average Bonchev–Trinajstić information content (AvgIpc) is 3.58. The van der Waals surface area contributed by atoms with E-state index in [1.165, 1.54) is 186 Å². The summed E-state index contributed by atoms with van der Waals surface area (Å²) < 4.78 is 16.7. The van der Waals surface area contributed by atoms with Gasteiger partial charge >= 0.3 is 5.97 Å². The molecule has 1 aliphatic heterocycles. The van der Waals surface area contributed by atoms with E-state index >= 15 is 0 Å². The van der Waals surface area contributed by atoms with E-state index in [4.69, 9.17) is 14.2 Å². The zero-order valence-corrected chi connectivity index (χ0v) is 52.4. The van der Waals surface area contributed by atoms with E-state index in [-0.39, 0.29) is 18.5 Å². The first-order valence-corrected chi connectivity index (χ1v) is 33.8. The van der Waals surface area contributed by atoms with Crippen molar-refractivity contribution in [2.24, 2.45) is 0 Å². The number of carbonyl (C=O) groups is 2. The molecule has 1 fully saturated rings. The van der Waals surface area contributed by atoms with Crippen LogP contribution in [0, 0.1) is 0 Å². The van der Waals surface area contributed by atoms with Crippen LogP contribution in [-0.4, -0.2) is 100 Å². The van der Waals surface area contributed by atoms with Gasteiger partial charge in [-0.05, 0) is 110 Å². The van der Waals surface area contributed by atoms with E-state index in [0.717, 1.165) is 77.0 Å². The van der Waals surface area contributed by atoms with Crippen molar-refractivity contribution in [3.05, 3.63) is 85.1 Å². The number of allylic oxidation sites excluding steroid dienone is 13. The SMILES string of the molecule is C/C=C/CC/C=C/CC/C=C/C(O)C(COC1OC(CO)C(O)C(O)C1O)NC(=O)CCCCCCCCCCCCCCCCC/C=C\C/C=C\CCCCCCCCCCCOC(=O)CCCCCCC/C=C\C/C=C\CCCC. The molecule has 0 radical (unpaired) electrons. The lowest BCUT2D eigenvalue weighted by Crippen LogP contribution is -2.60. The summed E-state index contributed by atoms with van der Waals surface area (Å²) in [6, 6.07) is -0.835. The second-order valence-electron chi connectivity index (χ2n) is 23.2. The Morgan fingerprint density at radius 3 is 1.34 bits per heavy atom. The van der Waals surface area contributed by atoms with Crippen LogP contribution in [0.2, 0.25) is 0 Å². The van der Waals surface area contributed by atoms with Gasteiger partial charge in [-0.3, -0.25) is 9.59 Å². The second kappa shape index (κ2) is 59.6. The van der Waals surface area contributed by atoms with Crippen molar-refractivity contribution in [2.45, 2.75) is 333 Å². The van der Waals surface area contributed by atoms with E-state index in [2.05, 4.69) is 79.1 Å². The van der Waals surface area contributed by atoms with Gasteiger partial charge in [0.2, 0.25) is 5.91 Å². The Morgan fingerprint density at radius 2 is 0.878 bits per heavy atom. The predicted molar refractivity (Wildman–Crippen MR) is 342 cm³/mol. The van der Waals surface area contributed by atoms with Gasteiger partial charge in [-0.25, -0.2) is 0 Å². The van der Waals surface area contributed by atoms with Gasteiger partial charge in [0.1, 0.15) is 24.4 Å². The third kappa shape index (κ3) is 48.1. The number of aliphatic hydroxyl groups excluding tert-OH is 5. The summed E-state index contributed by atoms with van der Waals surface area (Å²) >= 11 is 0. The Labute approximate surface area is 502 Å². The molecule has 0 aromatic heterocycles. The van der Waals surface area contributed by atoms with Crippen LogP contribution >= 0.6 is 0 Å². The van der Waals surface area contributed by atoms with Crippen LogP contribution in [0.1, 0.15) is 290 Å². The number of unbranched alkanes of at least 4 members (excludes halogenated alkanes) is 33. The lowest BCUT2D eigenvalue weighted by molar-refractivity contribution is -0.302. The molecule has 1 heterocycles. The van der Waals surface area contributed by atoms with Gasteiger partial charge in [-0.15, -0.1) is 0 Å². The van der Waals surface area contributed by atoms with E-state index in [0.29, 0.717) is 19.4 Å². The molecular weight excluding hydrogens is 1030 g/mol. The molecule has 0 aromatic rings. The molecule has 82 heavy (non-hydrogen) atoms. The molecule has 1 amide bonds. The molecule has 0 saturated carbocycles. The Hall–Kier alpha value is -3.16. The van der Waals surface area contributed by atoms with Crippen LogP contribution < -0.4 is 5.32 Å². The van der Waals surface area contributed by atoms with Gasteiger partial charge in [0.25, 0.3) is 0 Å². The summed E-state index contributed by atoms with van der Waals surface area (Å²) in [6.45, 7) is 4.04. The number of amides is 1. The van der Waals surface area contributed by atoms with E-state index in [9.17, 15) is 35.1 Å². The maximum atomic E-state index is 13.0. The zero-order chi connectivity index (χ0) is 59.5. The molecule has 1 saturated heterocycles. The van der Waals surface area contributed by atoms with E-state index in [1.807, 2.05) is 19.1 Å². The first-order chi connectivity index (χ1) is 40.2. The number of carbonyl (C=O) groups excluding carboxylic acids is 2. The Balaban J connectivity index is 1.94. The third-order valence-electron chi connectivity index (χ3n) is 15.5. The van der Waals surface area contributed by atoms with Gasteiger partial charge < -0.3 is 45.1 Å². The first kappa shape index (κ1) is 76.9. The van der Waals surface area contributed by atoms with Gasteiger partial charge in [-0.2, -0.15) is 0 Å². The second-order valence-corrected chi connectivity index (χ2v) is 23.2. The van der Waals surface area contributed by atoms with Crippen LogP contribution in [-0.2, 0) is 23.8 Å². The molecule has 474 valence electrons. The smallest absolute Gasteiger partial charge is 0.305 e. The van der Waals surface area contributed by atoms with Gasteiger partial charge in [0.15, 0.2) is 6.29 Å². The Kier molecular flexibility index (Phi) is 55.8. The topological polar surface area (TPSA) is 175 Å². The number of rotatable bonds is 58. The largest absolute Gasteiger partial charge is 0.466 e. The summed E-state index contributed by atoms with van der Waals surface area (Å²) in [5.74, 6) is -0.211. The maximum Gasteiger partial charge on any atom is 0.305 e. The minimum atomic E-state index is -1.58. The maximum absolute atomic E-state index is 13.0. The van der Waals surface area contributed by atoms with Gasteiger partial charge in [0, 0.05) is 12.8 Å². The Bertz CT molecular complexity index is 1640.